The number of ketones is 1. The fraction of sp³-hybridized carbons (Fsp3) is 0.385. The SMILES string of the molecule is [N-]=[N+]=Nc1c(I)cc(C(=O)NCC(=O)[C@@H](O)[C@H](O)[C@@H](O)CO)c(O)c1I. The first-order chi connectivity index (χ1) is 12.1. The molecule has 0 radical (unpaired) electrons. The van der Waals surface area contributed by atoms with Crippen LogP contribution in [0, 0.1) is 7.14 Å². The number of hydrogen-bond acceptors (Lipinski definition) is 8. The Balaban J connectivity index is 2.89. The Bertz CT molecular complexity index is 754. The summed E-state index contributed by atoms with van der Waals surface area (Å²) in [6.07, 6.45) is -5.65. The molecule has 11 nitrogen and oxygen atoms in total. The second-order valence-electron chi connectivity index (χ2n) is 4.94. The van der Waals surface area contributed by atoms with Crippen LogP contribution in [0.15, 0.2) is 11.2 Å². The number of phenolic OH excluding ortho intramolecular Hbond substituents is 1. The van der Waals surface area contributed by atoms with Gasteiger partial charge in [0.15, 0.2) is 5.78 Å². The minimum absolute atomic E-state index is 0.144. The lowest BCUT2D eigenvalue weighted by atomic mass is 10.0. The average Bonchev–Trinajstić information content (AvgIpc) is 2.63. The molecule has 0 aliphatic carbocycles. The smallest absolute Gasteiger partial charge is 0.255 e. The predicted molar refractivity (Wildman–Crippen MR) is 105 cm³/mol. The van der Waals surface area contributed by atoms with Gasteiger partial charge in [0.25, 0.3) is 5.91 Å². The summed E-state index contributed by atoms with van der Waals surface area (Å²) in [5, 5.41) is 52.6. The lowest BCUT2D eigenvalue weighted by Crippen LogP contribution is -2.47. The summed E-state index contributed by atoms with van der Waals surface area (Å²) in [6.45, 7) is -1.56. The summed E-state index contributed by atoms with van der Waals surface area (Å²) in [6, 6.07) is 1.25. The molecule has 26 heavy (non-hydrogen) atoms. The van der Waals surface area contributed by atoms with Crippen molar-refractivity contribution in [3.05, 3.63) is 29.2 Å². The van der Waals surface area contributed by atoms with Crippen LogP contribution >= 0.6 is 45.2 Å². The molecule has 0 spiro atoms. The van der Waals surface area contributed by atoms with Gasteiger partial charge >= 0.3 is 0 Å². The van der Waals surface area contributed by atoms with E-state index in [1.807, 2.05) is 0 Å². The third-order valence-electron chi connectivity index (χ3n) is 3.22. The number of aliphatic hydroxyl groups excluding tert-OH is 4. The van der Waals surface area contributed by atoms with Crippen molar-refractivity contribution in [2.24, 2.45) is 5.11 Å². The second kappa shape index (κ2) is 10.2. The van der Waals surface area contributed by atoms with Gasteiger partial charge in [-0.1, -0.05) is 5.11 Å². The quantitative estimate of drug-likeness (QED) is 0.105. The van der Waals surface area contributed by atoms with Crippen LogP contribution in [0.2, 0.25) is 0 Å². The van der Waals surface area contributed by atoms with Crippen LogP contribution in [-0.2, 0) is 4.79 Å². The van der Waals surface area contributed by atoms with Crippen molar-refractivity contribution >= 4 is 62.6 Å². The highest BCUT2D eigenvalue weighted by Gasteiger charge is 2.30. The number of nitrogens with zero attached hydrogens (tertiary/aromatic N) is 3. The van der Waals surface area contributed by atoms with E-state index in [0.717, 1.165) is 0 Å². The molecule has 3 atom stereocenters. The Labute approximate surface area is 173 Å². The van der Waals surface area contributed by atoms with E-state index in [1.54, 1.807) is 45.2 Å². The van der Waals surface area contributed by atoms with Crippen LogP contribution in [-0.4, -0.2) is 68.7 Å². The van der Waals surface area contributed by atoms with Crippen molar-refractivity contribution in [1.29, 1.82) is 0 Å². The monoisotopic (exact) mass is 592 g/mol. The number of benzene rings is 1. The first kappa shape index (κ1) is 22.8. The van der Waals surface area contributed by atoms with Crippen LogP contribution in [0.5, 0.6) is 5.75 Å². The summed E-state index contributed by atoms with van der Waals surface area (Å²) in [4.78, 5) is 26.5. The zero-order chi connectivity index (χ0) is 20.0. The summed E-state index contributed by atoms with van der Waals surface area (Å²) in [7, 11) is 0. The molecule has 0 unspecified atom stereocenters. The second-order valence-corrected chi connectivity index (χ2v) is 7.18. The Hall–Kier alpha value is -1.23. The molecule has 6 N–H and O–H groups in total. The van der Waals surface area contributed by atoms with Crippen LogP contribution in [0.1, 0.15) is 10.4 Å². The van der Waals surface area contributed by atoms with E-state index in [4.69, 9.17) is 10.6 Å². The maximum Gasteiger partial charge on any atom is 0.255 e. The molecule has 142 valence electrons. The lowest BCUT2D eigenvalue weighted by Gasteiger charge is -2.20. The molecule has 1 rings (SSSR count). The Morgan fingerprint density at radius 3 is 2.46 bits per heavy atom. The molecule has 0 bridgehead atoms. The number of halogens is 2. The van der Waals surface area contributed by atoms with Crippen molar-refractivity contribution in [3.8, 4) is 5.75 Å². The molecule has 0 saturated heterocycles. The number of carbonyl (C=O) groups excluding carboxylic acids is 2. The summed E-state index contributed by atoms with van der Waals surface area (Å²) < 4.78 is 0.533. The van der Waals surface area contributed by atoms with Gasteiger partial charge in [0, 0.05) is 8.48 Å². The number of Topliss-reactive ketones (excluding diaryl/α,β-unsaturated/α-hetero) is 1. The Morgan fingerprint density at radius 2 is 1.92 bits per heavy atom. The average molecular weight is 592 g/mol. The highest BCUT2D eigenvalue weighted by molar-refractivity contribution is 14.1. The number of aromatic hydroxyl groups is 1. The highest BCUT2D eigenvalue weighted by atomic mass is 127. The minimum Gasteiger partial charge on any atom is -0.506 e. The molecule has 0 aromatic heterocycles. The molecule has 1 aromatic rings. The van der Waals surface area contributed by atoms with Gasteiger partial charge in [-0.3, -0.25) is 9.59 Å². The summed E-state index contributed by atoms with van der Waals surface area (Å²) in [5.41, 5.74) is 8.47. The van der Waals surface area contributed by atoms with Gasteiger partial charge in [0.2, 0.25) is 0 Å². The first-order valence-corrected chi connectivity index (χ1v) is 9.03. The van der Waals surface area contributed by atoms with Gasteiger partial charge in [0.1, 0.15) is 24.1 Å². The van der Waals surface area contributed by atoms with E-state index < -0.39 is 48.9 Å². The van der Waals surface area contributed by atoms with Crippen molar-refractivity contribution in [3.63, 3.8) is 0 Å². The number of hydrogen-bond donors (Lipinski definition) is 6. The van der Waals surface area contributed by atoms with Crippen molar-refractivity contribution in [2.45, 2.75) is 18.3 Å². The largest absolute Gasteiger partial charge is 0.506 e. The number of rotatable bonds is 8. The van der Waals surface area contributed by atoms with Crippen LogP contribution in [0.25, 0.3) is 10.4 Å². The van der Waals surface area contributed by atoms with E-state index in [9.17, 15) is 30.0 Å². The summed E-state index contributed by atoms with van der Waals surface area (Å²) >= 11 is 3.50. The number of nitrogens with one attached hydrogen (secondary N) is 1. The Kier molecular flexibility index (Phi) is 8.94. The maximum absolute atomic E-state index is 12.2. The molecule has 13 heteroatoms. The minimum atomic E-state index is -2.02. The van der Waals surface area contributed by atoms with Crippen LogP contribution < -0.4 is 5.32 Å². The number of phenols is 1. The van der Waals surface area contributed by atoms with Crippen molar-refractivity contribution < 1.29 is 35.1 Å². The molecule has 0 saturated carbocycles. The highest BCUT2D eigenvalue weighted by Crippen LogP contribution is 2.37. The molecule has 1 aromatic carbocycles. The molecule has 0 aliphatic heterocycles. The molecular formula is C13H14I2N4O7. The number of carbonyl (C=O) groups is 2. The van der Waals surface area contributed by atoms with Gasteiger partial charge in [-0.25, -0.2) is 0 Å². The zero-order valence-electron chi connectivity index (χ0n) is 12.9. The van der Waals surface area contributed by atoms with Gasteiger partial charge in [-0.15, -0.1) is 0 Å². The lowest BCUT2D eigenvalue weighted by molar-refractivity contribution is -0.139. The van der Waals surface area contributed by atoms with E-state index in [2.05, 4.69) is 15.3 Å². The number of amides is 1. The molecule has 0 fully saturated rings. The van der Waals surface area contributed by atoms with Crippen molar-refractivity contribution in [2.75, 3.05) is 13.2 Å². The maximum atomic E-state index is 12.2. The van der Waals surface area contributed by atoms with Gasteiger partial charge < -0.3 is 30.8 Å². The topological polar surface area (TPSA) is 196 Å². The van der Waals surface area contributed by atoms with Crippen LogP contribution in [0.4, 0.5) is 5.69 Å². The molecule has 0 heterocycles. The third-order valence-corrected chi connectivity index (χ3v) is 5.06. The first-order valence-electron chi connectivity index (χ1n) is 6.87. The fourth-order valence-corrected chi connectivity index (χ4v) is 3.68. The van der Waals surface area contributed by atoms with E-state index in [-0.39, 0.29) is 14.8 Å². The standard InChI is InChI=1S/C13H14I2N4O7/c14-5-1-4(10(23)8(15)9(5)18-19-16)13(26)17-2-6(21)11(24)12(25)7(22)3-20/h1,7,11-12,20,22-25H,2-3H2,(H,17,26)/t7-,11+,12+/m0/s1. The number of azide groups is 1. The normalized spacial score (nSPS) is 14.1. The number of aliphatic hydroxyl groups is 4. The van der Waals surface area contributed by atoms with E-state index in [0.29, 0.717) is 3.57 Å². The molecular weight excluding hydrogens is 578 g/mol. The molecule has 1 amide bonds. The third kappa shape index (κ3) is 5.38. The van der Waals surface area contributed by atoms with Gasteiger partial charge in [-0.05, 0) is 56.8 Å². The molecule has 0 aliphatic rings. The predicted octanol–water partition coefficient (Wildman–Crippen LogP) is -0.0829. The zero-order valence-corrected chi connectivity index (χ0v) is 17.2. The van der Waals surface area contributed by atoms with Gasteiger partial charge in [0.05, 0.1) is 28.0 Å². The van der Waals surface area contributed by atoms with E-state index in [1.165, 1.54) is 6.07 Å². The fourth-order valence-electron chi connectivity index (χ4n) is 1.78. The van der Waals surface area contributed by atoms with E-state index >= 15 is 0 Å². The Morgan fingerprint density at radius 1 is 1.31 bits per heavy atom. The summed E-state index contributed by atoms with van der Waals surface area (Å²) in [5.74, 6) is -2.30. The van der Waals surface area contributed by atoms with Crippen molar-refractivity contribution in [1.82, 2.24) is 5.32 Å². The van der Waals surface area contributed by atoms with Crippen LogP contribution in [0.3, 0.4) is 0 Å². The van der Waals surface area contributed by atoms with Gasteiger partial charge in [-0.2, -0.15) is 0 Å².